The Hall–Kier alpha value is -1.70. The first-order valence-electron chi connectivity index (χ1n) is 6.82. The fourth-order valence-corrected chi connectivity index (χ4v) is 2.41. The summed E-state index contributed by atoms with van der Waals surface area (Å²) in [5, 5.41) is 2.75. The Morgan fingerprint density at radius 3 is 2.38 bits per heavy atom. The number of halogens is 3. The van der Waals surface area contributed by atoms with Crippen molar-refractivity contribution in [2.75, 3.05) is 14.1 Å². The van der Waals surface area contributed by atoms with Crippen LogP contribution in [0.25, 0.3) is 11.2 Å². The molecule has 0 bridgehead atoms. The highest BCUT2D eigenvalue weighted by Crippen LogP contribution is 2.32. The molecule has 0 atom stereocenters. The molecule has 1 fully saturated rings. The number of aromatic nitrogens is 4. The van der Waals surface area contributed by atoms with Gasteiger partial charge in [0.15, 0.2) is 5.65 Å². The molecule has 1 aliphatic carbocycles. The summed E-state index contributed by atoms with van der Waals surface area (Å²) < 4.78 is 39.5. The zero-order chi connectivity index (χ0) is 15.5. The average molecular weight is 301 g/mol. The molecule has 3 rings (SSSR count). The van der Waals surface area contributed by atoms with E-state index in [1.165, 1.54) is 0 Å². The minimum absolute atomic E-state index is 0.214. The summed E-state index contributed by atoms with van der Waals surface area (Å²) in [5.41, 5.74) is 0.694. The molecule has 116 valence electrons. The van der Waals surface area contributed by atoms with Crippen LogP contribution < -0.4 is 5.32 Å². The topological polar surface area (TPSA) is 55.6 Å². The summed E-state index contributed by atoms with van der Waals surface area (Å²) in [7, 11) is 3.75. The third kappa shape index (κ3) is 3.49. The molecule has 1 aliphatic rings. The number of nitrogens with one attached hydrogen (secondary N) is 1. The first kappa shape index (κ1) is 15.7. The summed E-state index contributed by atoms with van der Waals surface area (Å²) in [6.45, 7) is 0. The van der Waals surface area contributed by atoms with Gasteiger partial charge < -0.3 is 9.88 Å². The molecule has 8 heteroatoms. The van der Waals surface area contributed by atoms with Crippen molar-refractivity contribution in [2.24, 2.45) is 0 Å². The lowest BCUT2D eigenvalue weighted by Crippen LogP contribution is -2.12. The Balaban J connectivity index is 0.000000497. The van der Waals surface area contributed by atoms with Crippen molar-refractivity contribution in [1.82, 2.24) is 24.8 Å². The number of fused-ring (bicyclic) bond motifs is 1. The molecule has 0 aromatic carbocycles. The van der Waals surface area contributed by atoms with E-state index in [0.717, 1.165) is 31.9 Å². The molecule has 0 unspecified atom stereocenters. The fraction of sp³-hybridized carbons (Fsp3) is 0.615. The highest BCUT2D eigenvalue weighted by molar-refractivity contribution is 5.69. The number of alkyl halides is 3. The Morgan fingerprint density at radius 2 is 1.81 bits per heavy atom. The van der Waals surface area contributed by atoms with Crippen LogP contribution in [-0.2, 0) is 6.18 Å². The fourth-order valence-electron chi connectivity index (χ4n) is 2.41. The lowest BCUT2D eigenvalue weighted by atomic mass is 10.2. The van der Waals surface area contributed by atoms with Gasteiger partial charge in [0.1, 0.15) is 5.52 Å². The molecule has 1 saturated carbocycles. The number of imidazole rings is 1. The molecule has 0 saturated heterocycles. The van der Waals surface area contributed by atoms with Crippen LogP contribution in [0.3, 0.4) is 0 Å². The van der Waals surface area contributed by atoms with Gasteiger partial charge in [0.25, 0.3) is 0 Å². The van der Waals surface area contributed by atoms with E-state index in [1.54, 1.807) is 10.9 Å². The number of nitrogens with zero attached hydrogens (tertiary/aromatic N) is 4. The molecule has 0 radical (unpaired) electrons. The van der Waals surface area contributed by atoms with Crippen LogP contribution in [-0.4, -0.2) is 33.6 Å². The van der Waals surface area contributed by atoms with Crippen LogP contribution in [0.4, 0.5) is 13.2 Å². The lowest BCUT2D eigenvalue weighted by Gasteiger charge is -2.12. The second kappa shape index (κ2) is 6.38. The van der Waals surface area contributed by atoms with Crippen molar-refractivity contribution >= 4 is 11.2 Å². The van der Waals surface area contributed by atoms with Gasteiger partial charge in [0, 0.05) is 6.04 Å². The summed E-state index contributed by atoms with van der Waals surface area (Å²) >= 11 is 0. The van der Waals surface area contributed by atoms with E-state index >= 15 is 0 Å². The maximum absolute atomic E-state index is 12.6. The van der Waals surface area contributed by atoms with E-state index in [9.17, 15) is 13.2 Å². The van der Waals surface area contributed by atoms with Crippen molar-refractivity contribution in [3.05, 3.63) is 18.3 Å². The van der Waals surface area contributed by atoms with E-state index in [-0.39, 0.29) is 11.7 Å². The number of hydrogen-bond donors (Lipinski definition) is 1. The first-order chi connectivity index (χ1) is 9.97. The smallest absolute Gasteiger partial charge is 0.323 e. The molecule has 2 aromatic heterocycles. The maximum atomic E-state index is 12.6. The van der Waals surface area contributed by atoms with E-state index in [0.29, 0.717) is 5.52 Å². The largest absolute Gasteiger partial charge is 0.451 e. The van der Waals surface area contributed by atoms with Crippen LogP contribution in [0, 0.1) is 0 Å². The van der Waals surface area contributed by atoms with Gasteiger partial charge >= 0.3 is 6.18 Å². The van der Waals surface area contributed by atoms with Gasteiger partial charge in [0.2, 0.25) is 5.82 Å². The highest BCUT2D eigenvalue weighted by Gasteiger charge is 2.35. The molecule has 5 nitrogen and oxygen atoms in total. The number of hydrogen-bond acceptors (Lipinski definition) is 4. The minimum atomic E-state index is -4.51. The van der Waals surface area contributed by atoms with E-state index in [4.69, 9.17) is 0 Å². The molecule has 0 amide bonds. The lowest BCUT2D eigenvalue weighted by molar-refractivity contribution is -0.144. The van der Waals surface area contributed by atoms with Gasteiger partial charge in [0.05, 0.1) is 12.5 Å². The van der Waals surface area contributed by atoms with E-state index < -0.39 is 12.0 Å². The second-order valence-electron chi connectivity index (χ2n) is 4.99. The molecule has 2 heterocycles. The van der Waals surface area contributed by atoms with Gasteiger partial charge in [-0.15, -0.1) is 0 Å². The standard InChI is InChI=1S/C11H11F3N4.C2H7N/c12-11(13,14)10-15-5-8-9(17-10)18(6-16-8)7-3-1-2-4-7;1-3-2/h5-7H,1-4H2;3H,1-2H3. The third-order valence-electron chi connectivity index (χ3n) is 3.29. The monoisotopic (exact) mass is 301 g/mol. The van der Waals surface area contributed by atoms with Gasteiger partial charge in [-0.2, -0.15) is 13.2 Å². The van der Waals surface area contributed by atoms with Gasteiger partial charge in [-0.05, 0) is 26.9 Å². The molecule has 0 aliphatic heterocycles. The van der Waals surface area contributed by atoms with Crippen LogP contribution in [0.1, 0.15) is 37.5 Å². The predicted octanol–water partition coefficient (Wildman–Crippen LogP) is 2.80. The summed E-state index contributed by atoms with van der Waals surface area (Å²) in [4.78, 5) is 11.0. The predicted molar refractivity (Wildman–Crippen MR) is 72.8 cm³/mol. The molecule has 0 spiro atoms. The van der Waals surface area contributed by atoms with Crippen molar-refractivity contribution in [2.45, 2.75) is 37.9 Å². The first-order valence-corrected chi connectivity index (χ1v) is 6.82. The molecular formula is C13H18F3N5. The van der Waals surface area contributed by atoms with Crippen LogP contribution in [0.2, 0.25) is 0 Å². The normalized spacial score (nSPS) is 16.0. The number of rotatable bonds is 1. The van der Waals surface area contributed by atoms with Gasteiger partial charge in [-0.1, -0.05) is 12.8 Å². The highest BCUT2D eigenvalue weighted by atomic mass is 19.4. The quantitative estimate of drug-likeness (QED) is 0.880. The third-order valence-corrected chi connectivity index (χ3v) is 3.29. The van der Waals surface area contributed by atoms with Crippen molar-refractivity contribution in [3.63, 3.8) is 0 Å². The van der Waals surface area contributed by atoms with Crippen molar-refractivity contribution < 1.29 is 13.2 Å². The zero-order valence-corrected chi connectivity index (χ0v) is 12.0. The van der Waals surface area contributed by atoms with Crippen LogP contribution in [0.5, 0.6) is 0 Å². The SMILES string of the molecule is CNC.FC(F)(F)c1ncc2ncn(C3CCCC3)c2n1. The molecular weight excluding hydrogens is 283 g/mol. The maximum Gasteiger partial charge on any atom is 0.451 e. The van der Waals surface area contributed by atoms with Crippen molar-refractivity contribution in [1.29, 1.82) is 0 Å². The summed E-state index contributed by atoms with van der Waals surface area (Å²) in [6, 6.07) is 0.214. The zero-order valence-electron chi connectivity index (χ0n) is 12.0. The van der Waals surface area contributed by atoms with Crippen LogP contribution >= 0.6 is 0 Å². The Bertz CT molecular complexity index is 587. The average Bonchev–Trinajstić information content (AvgIpc) is 3.06. The Labute approximate surface area is 120 Å². The summed E-state index contributed by atoms with van der Waals surface area (Å²) in [6.07, 6.45) is 2.32. The minimum Gasteiger partial charge on any atom is -0.323 e. The summed E-state index contributed by atoms with van der Waals surface area (Å²) in [5.74, 6) is -1.10. The second-order valence-corrected chi connectivity index (χ2v) is 4.99. The van der Waals surface area contributed by atoms with Gasteiger partial charge in [-0.25, -0.2) is 15.0 Å². The van der Waals surface area contributed by atoms with Crippen molar-refractivity contribution in [3.8, 4) is 0 Å². The Morgan fingerprint density at radius 1 is 1.19 bits per heavy atom. The Kier molecular flexibility index (Phi) is 4.76. The van der Waals surface area contributed by atoms with E-state index in [1.807, 2.05) is 14.1 Å². The molecule has 21 heavy (non-hydrogen) atoms. The molecule has 1 N–H and O–H groups in total. The van der Waals surface area contributed by atoms with Crippen LogP contribution in [0.15, 0.2) is 12.5 Å². The molecule has 2 aromatic rings. The van der Waals surface area contributed by atoms with E-state index in [2.05, 4.69) is 20.3 Å². The van der Waals surface area contributed by atoms with Gasteiger partial charge in [-0.3, -0.25) is 0 Å².